The second kappa shape index (κ2) is 14.4. The number of rotatable bonds is 7. The Labute approximate surface area is 326 Å². The van der Waals surface area contributed by atoms with Crippen molar-refractivity contribution < 1.29 is 0 Å². The van der Waals surface area contributed by atoms with E-state index in [-0.39, 0.29) is 0 Å². The molecule has 10 aromatic rings. The van der Waals surface area contributed by atoms with E-state index in [1.54, 1.807) is 0 Å². The molecule has 0 aliphatic carbocycles. The van der Waals surface area contributed by atoms with Crippen LogP contribution in [-0.4, -0.2) is 15.0 Å². The minimum atomic E-state index is 0.707. The van der Waals surface area contributed by atoms with E-state index in [4.69, 9.17) is 15.0 Å². The Morgan fingerprint density at radius 3 is 1.43 bits per heavy atom. The topological polar surface area (TPSA) is 38.7 Å². The Hall–Kier alpha value is -7.49. The second-order valence-electron chi connectivity index (χ2n) is 14.0. The van der Waals surface area contributed by atoms with Gasteiger partial charge in [-0.1, -0.05) is 194 Å². The first-order valence-electron chi connectivity index (χ1n) is 18.9. The molecule has 0 amide bonds. The van der Waals surface area contributed by atoms with Gasteiger partial charge in [-0.05, 0) is 51.6 Å². The standard InChI is InChI=1S/C53H35N3/c1-5-15-36(16-6-1)42-23-13-24-44(33-42)52-47-26-14-25-45(38-17-7-2-8-18-38)51(47)46-32-31-43(34-50(46)54-52)37-27-29-40(30-28-37)49-35-48(39-19-9-3-10-20-39)55-53(56-49)41-21-11-4-12-22-41/h1-35H. The Balaban J connectivity index is 1.10. The van der Waals surface area contributed by atoms with E-state index in [1.807, 2.05) is 36.4 Å². The zero-order chi connectivity index (χ0) is 37.3. The van der Waals surface area contributed by atoms with E-state index in [2.05, 4.69) is 176 Å². The molecule has 0 atom stereocenters. The quantitative estimate of drug-likeness (QED) is 0.154. The largest absolute Gasteiger partial charge is 0.247 e. The second-order valence-corrected chi connectivity index (χ2v) is 14.0. The molecule has 3 heteroatoms. The molecule has 3 nitrogen and oxygen atoms in total. The van der Waals surface area contributed by atoms with E-state index in [9.17, 15) is 0 Å². The van der Waals surface area contributed by atoms with Crippen molar-refractivity contribution in [2.24, 2.45) is 0 Å². The number of pyridine rings is 1. The van der Waals surface area contributed by atoms with E-state index in [0.29, 0.717) is 5.82 Å². The molecule has 8 aromatic carbocycles. The fourth-order valence-electron chi connectivity index (χ4n) is 7.69. The minimum Gasteiger partial charge on any atom is -0.247 e. The van der Waals surface area contributed by atoms with Crippen LogP contribution in [0.1, 0.15) is 0 Å². The van der Waals surface area contributed by atoms with Crippen LogP contribution in [0, 0.1) is 0 Å². The monoisotopic (exact) mass is 713 g/mol. The summed E-state index contributed by atoms with van der Waals surface area (Å²) in [5, 5.41) is 3.47. The normalized spacial score (nSPS) is 11.2. The maximum atomic E-state index is 5.45. The highest BCUT2D eigenvalue weighted by Gasteiger charge is 2.17. The van der Waals surface area contributed by atoms with Crippen LogP contribution >= 0.6 is 0 Å². The van der Waals surface area contributed by atoms with Gasteiger partial charge < -0.3 is 0 Å². The molecule has 262 valence electrons. The Morgan fingerprint density at radius 2 is 0.750 bits per heavy atom. The lowest BCUT2D eigenvalue weighted by molar-refractivity contribution is 1.18. The van der Waals surface area contributed by atoms with Crippen LogP contribution in [-0.2, 0) is 0 Å². The van der Waals surface area contributed by atoms with Gasteiger partial charge in [-0.2, -0.15) is 0 Å². The number of hydrogen-bond acceptors (Lipinski definition) is 3. The molecule has 0 bridgehead atoms. The van der Waals surface area contributed by atoms with Crippen molar-refractivity contribution in [2.45, 2.75) is 0 Å². The van der Waals surface area contributed by atoms with Crippen LogP contribution in [0.5, 0.6) is 0 Å². The summed E-state index contributed by atoms with van der Waals surface area (Å²) in [4.78, 5) is 15.5. The molecule has 0 aliphatic heterocycles. The summed E-state index contributed by atoms with van der Waals surface area (Å²) >= 11 is 0. The molecular weight excluding hydrogens is 679 g/mol. The summed E-state index contributed by atoms with van der Waals surface area (Å²) in [5.41, 5.74) is 14.8. The van der Waals surface area contributed by atoms with Gasteiger partial charge in [0.25, 0.3) is 0 Å². The first-order chi connectivity index (χ1) is 27.7. The van der Waals surface area contributed by atoms with Gasteiger partial charge in [-0.15, -0.1) is 0 Å². The third-order valence-corrected chi connectivity index (χ3v) is 10.5. The zero-order valence-electron chi connectivity index (χ0n) is 30.5. The predicted molar refractivity (Wildman–Crippen MR) is 233 cm³/mol. The third-order valence-electron chi connectivity index (χ3n) is 10.5. The molecule has 2 heterocycles. The van der Waals surface area contributed by atoms with Gasteiger partial charge in [0.15, 0.2) is 5.82 Å². The van der Waals surface area contributed by atoms with Crippen LogP contribution in [0.2, 0.25) is 0 Å². The van der Waals surface area contributed by atoms with Crippen LogP contribution in [0.3, 0.4) is 0 Å². The Kier molecular flexibility index (Phi) is 8.51. The van der Waals surface area contributed by atoms with Gasteiger partial charge in [-0.25, -0.2) is 15.0 Å². The van der Waals surface area contributed by atoms with Gasteiger partial charge in [0.1, 0.15) is 0 Å². The lowest BCUT2D eigenvalue weighted by atomic mass is 9.91. The van der Waals surface area contributed by atoms with Crippen molar-refractivity contribution in [1.82, 2.24) is 15.0 Å². The van der Waals surface area contributed by atoms with Crippen LogP contribution < -0.4 is 0 Å². The average Bonchev–Trinajstić information content (AvgIpc) is 3.29. The molecule has 0 radical (unpaired) electrons. The number of benzene rings is 8. The molecule has 0 aliphatic rings. The third kappa shape index (κ3) is 6.31. The van der Waals surface area contributed by atoms with Crippen molar-refractivity contribution >= 4 is 21.7 Å². The fraction of sp³-hybridized carbons (Fsp3) is 0. The van der Waals surface area contributed by atoms with E-state index >= 15 is 0 Å². The molecule has 0 fully saturated rings. The van der Waals surface area contributed by atoms with Crippen molar-refractivity contribution in [3.8, 4) is 78.5 Å². The molecule has 10 rings (SSSR count). The fourth-order valence-corrected chi connectivity index (χ4v) is 7.69. The molecule has 0 spiro atoms. The summed E-state index contributed by atoms with van der Waals surface area (Å²) < 4.78 is 0. The number of nitrogens with zero attached hydrogens (tertiary/aromatic N) is 3. The number of fused-ring (bicyclic) bond motifs is 3. The maximum absolute atomic E-state index is 5.45. The molecule has 2 aromatic heterocycles. The van der Waals surface area contributed by atoms with Crippen molar-refractivity contribution in [2.75, 3.05) is 0 Å². The summed E-state index contributed by atoms with van der Waals surface area (Å²) in [5.74, 6) is 0.707. The van der Waals surface area contributed by atoms with Crippen molar-refractivity contribution in [3.63, 3.8) is 0 Å². The highest BCUT2D eigenvalue weighted by atomic mass is 14.9. The predicted octanol–water partition coefficient (Wildman–Crippen LogP) is 13.8. The lowest BCUT2D eigenvalue weighted by Crippen LogP contribution is -1.96. The molecule has 0 saturated heterocycles. The molecule has 0 unspecified atom stereocenters. The van der Waals surface area contributed by atoms with Gasteiger partial charge in [0.05, 0.1) is 22.6 Å². The molecule has 0 saturated carbocycles. The molecule has 56 heavy (non-hydrogen) atoms. The molecular formula is C53H35N3. The van der Waals surface area contributed by atoms with Crippen LogP contribution in [0.4, 0.5) is 0 Å². The highest BCUT2D eigenvalue weighted by molar-refractivity contribution is 6.17. The Bertz CT molecular complexity index is 2920. The molecule has 0 N–H and O–H groups in total. The van der Waals surface area contributed by atoms with E-state index in [1.165, 1.54) is 27.6 Å². The van der Waals surface area contributed by atoms with Gasteiger partial charge in [0.2, 0.25) is 0 Å². The number of aromatic nitrogens is 3. The average molecular weight is 714 g/mol. The summed E-state index contributed by atoms with van der Waals surface area (Å²) in [6.07, 6.45) is 0. The van der Waals surface area contributed by atoms with Crippen LogP contribution in [0.15, 0.2) is 212 Å². The summed E-state index contributed by atoms with van der Waals surface area (Å²) in [6.45, 7) is 0. The first kappa shape index (κ1) is 33.1. The minimum absolute atomic E-state index is 0.707. The van der Waals surface area contributed by atoms with Crippen molar-refractivity contribution in [3.05, 3.63) is 212 Å². The van der Waals surface area contributed by atoms with Crippen molar-refractivity contribution in [1.29, 1.82) is 0 Å². The van der Waals surface area contributed by atoms with Gasteiger partial charge in [-0.3, -0.25) is 0 Å². The highest BCUT2D eigenvalue weighted by Crippen LogP contribution is 2.40. The van der Waals surface area contributed by atoms with Gasteiger partial charge >= 0.3 is 0 Å². The first-order valence-corrected chi connectivity index (χ1v) is 18.9. The lowest BCUT2D eigenvalue weighted by Gasteiger charge is -2.16. The summed E-state index contributed by atoms with van der Waals surface area (Å²) in [7, 11) is 0. The Morgan fingerprint density at radius 1 is 0.268 bits per heavy atom. The zero-order valence-corrected chi connectivity index (χ0v) is 30.5. The van der Waals surface area contributed by atoms with Gasteiger partial charge in [0, 0.05) is 38.4 Å². The maximum Gasteiger partial charge on any atom is 0.160 e. The number of hydrogen-bond donors (Lipinski definition) is 0. The smallest absolute Gasteiger partial charge is 0.160 e. The van der Waals surface area contributed by atoms with E-state index < -0.39 is 0 Å². The van der Waals surface area contributed by atoms with Crippen LogP contribution in [0.25, 0.3) is 100 Å². The van der Waals surface area contributed by atoms with E-state index in [0.717, 1.165) is 66.8 Å². The SMILES string of the molecule is c1ccc(-c2cccc(-c3nc4cc(-c5ccc(-c6cc(-c7ccccc7)nc(-c7ccccc7)n6)cc5)ccc4c4c(-c5ccccc5)cccc34)c2)cc1. The summed E-state index contributed by atoms with van der Waals surface area (Å²) in [6, 6.07) is 74.5.